The largest absolute Gasteiger partial charge is 0.478 e. The van der Waals surface area contributed by atoms with E-state index in [-0.39, 0.29) is 5.69 Å². The molecule has 8 heteroatoms. The van der Waals surface area contributed by atoms with Crippen LogP contribution >= 0.6 is 0 Å². The van der Waals surface area contributed by atoms with Gasteiger partial charge in [0.15, 0.2) is 0 Å². The maximum atomic E-state index is 11.2. The number of hydrogen-bond donors (Lipinski definition) is 2. The van der Waals surface area contributed by atoms with Crippen molar-refractivity contribution in [3.63, 3.8) is 0 Å². The molecule has 8 nitrogen and oxygen atoms in total. The average molecular weight is 277 g/mol. The number of nitrogens with one attached hydrogen (secondary N) is 1. The number of aliphatic carboxylic acids is 1. The molecular formula is C12H11N3O5. The summed E-state index contributed by atoms with van der Waals surface area (Å²) >= 11 is 0. The van der Waals surface area contributed by atoms with Gasteiger partial charge in [-0.2, -0.15) is 5.10 Å². The quantitative estimate of drug-likeness (QED) is 0.361. The average Bonchev–Trinajstić information content (AvgIpc) is 2.42. The highest BCUT2D eigenvalue weighted by atomic mass is 16.6. The van der Waals surface area contributed by atoms with E-state index in [9.17, 15) is 19.7 Å². The SMILES string of the molecule is C/C(=N/NC(=O)/C=C/C(=O)O)c1ccc([N+](=O)[O-])cc1. The summed E-state index contributed by atoms with van der Waals surface area (Å²) in [4.78, 5) is 31.3. The molecule has 0 spiro atoms. The van der Waals surface area contributed by atoms with Crippen LogP contribution in [0.2, 0.25) is 0 Å². The van der Waals surface area contributed by atoms with Crippen molar-refractivity contribution in [2.75, 3.05) is 0 Å². The first-order valence-corrected chi connectivity index (χ1v) is 5.40. The van der Waals surface area contributed by atoms with E-state index in [2.05, 4.69) is 10.5 Å². The first-order chi connectivity index (χ1) is 9.40. The topological polar surface area (TPSA) is 122 Å². The molecule has 0 saturated heterocycles. The van der Waals surface area contributed by atoms with Crippen LogP contribution in [-0.4, -0.2) is 27.6 Å². The number of rotatable bonds is 5. The third kappa shape index (κ3) is 4.69. The van der Waals surface area contributed by atoms with Crippen molar-refractivity contribution < 1.29 is 19.6 Å². The van der Waals surface area contributed by atoms with Crippen LogP contribution in [0.25, 0.3) is 0 Å². The second-order valence-electron chi connectivity index (χ2n) is 3.65. The summed E-state index contributed by atoms with van der Waals surface area (Å²) in [6.45, 7) is 1.60. The van der Waals surface area contributed by atoms with Gasteiger partial charge in [-0.25, -0.2) is 10.2 Å². The van der Waals surface area contributed by atoms with Crippen molar-refractivity contribution in [3.8, 4) is 0 Å². The first-order valence-electron chi connectivity index (χ1n) is 5.40. The zero-order chi connectivity index (χ0) is 15.1. The standard InChI is InChI=1S/C12H11N3O5/c1-8(13-14-11(16)6-7-12(17)18)9-2-4-10(5-3-9)15(19)20/h2-7H,1H3,(H,14,16)(H,17,18)/b7-6+,13-8-. The Morgan fingerprint density at radius 3 is 2.40 bits per heavy atom. The Hall–Kier alpha value is -3.03. The molecule has 1 aromatic rings. The molecule has 0 saturated carbocycles. The zero-order valence-corrected chi connectivity index (χ0v) is 10.4. The summed E-state index contributed by atoms with van der Waals surface area (Å²) in [6, 6.07) is 5.63. The van der Waals surface area contributed by atoms with E-state index in [0.717, 1.165) is 6.08 Å². The van der Waals surface area contributed by atoms with Crippen molar-refractivity contribution in [1.82, 2.24) is 5.43 Å². The third-order valence-corrected chi connectivity index (χ3v) is 2.21. The second-order valence-corrected chi connectivity index (χ2v) is 3.65. The molecule has 104 valence electrons. The third-order valence-electron chi connectivity index (χ3n) is 2.21. The molecule has 0 aliphatic rings. The van der Waals surface area contributed by atoms with E-state index in [1.807, 2.05) is 0 Å². The number of nitrogens with zero attached hydrogens (tertiary/aromatic N) is 2. The maximum absolute atomic E-state index is 11.2. The number of hydrogen-bond acceptors (Lipinski definition) is 5. The van der Waals surface area contributed by atoms with Crippen LogP contribution in [0.1, 0.15) is 12.5 Å². The summed E-state index contributed by atoms with van der Waals surface area (Å²) in [5.74, 6) is -1.93. The van der Waals surface area contributed by atoms with E-state index in [4.69, 9.17) is 5.11 Å². The summed E-state index contributed by atoms with van der Waals surface area (Å²) in [5, 5.41) is 22.6. The molecule has 0 heterocycles. The lowest BCUT2D eigenvalue weighted by molar-refractivity contribution is -0.384. The van der Waals surface area contributed by atoms with Crippen molar-refractivity contribution in [3.05, 3.63) is 52.1 Å². The maximum Gasteiger partial charge on any atom is 0.328 e. The minimum Gasteiger partial charge on any atom is -0.478 e. The zero-order valence-electron chi connectivity index (χ0n) is 10.4. The van der Waals surface area contributed by atoms with E-state index >= 15 is 0 Å². The molecule has 2 N–H and O–H groups in total. The molecule has 0 aliphatic heterocycles. The molecule has 0 fully saturated rings. The monoisotopic (exact) mass is 277 g/mol. The summed E-state index contributed by atoms with van der Waals surface area (Å²) < 4.78 is 0. The van der Waals surface area contributed by atoms with Crippen LogP contribution in [0.5, 0.6) is 0 Å². The second kappa shape index (κ2) is 6.78. The van der Waals surface area contributed by atoms with Gasteiger partial charge in [0.25, 0.3) is 11.6 Å². The molecule has 1 rings (SSSR count). The van der Waals surface area contributed by atoms with Gasteiger partial charge in [-0.05, 0) is 24.6 Å². The van der Waals surface area contributed by atoms with Gasteiger partial charge in [0.1, 0.15) is 0 Å². The van der Waals surface area contributed by atoms with Crippen LogP contribution in [-0.2, 0) is 9.59 Å². The molecule has 0 bridgehead atoms. The number of carboxylic acids is 1. The van der Waals surface area contributed by atoms with Crippen molar-refractivity contribution in [2.24, 2.45) is 5.10 Å². The summed E-state index contributed by atoms with van der Waals surface area (Å²) in [5.41, 5.74) is 3.12. The van der Waals surface area contributed by atoms with Gasteiger partial charge in [-0.1, -0.05) is 0 Å². The molecule has 20 heavy (non-hydrogen) atoms. The predicted octanol–water partition coefficient (Wildman–Crippen LogP) is 1.08. The van der Waals surface area contributed by atoms with E-state index in [1.54, 1.807) is 6.92 Å². The van der Waals surface area contributed by atoms with Gasteiger partial charge in [0.05, 0.1) is 10.6 Å². The van der Waals surface area contributed by atoms with Gasteiger partial charge in [0, 0.05) is 24.3 Å². The molecule has 0 unspecified atom stereocenters. The molecule has 0 aromatic heterocycles. The highest BCUT2D eigenvalue weighted by Gasteiger charge is 2.05. The van der Waals surface area contributed by atoms with Gasteiger partial charge in [-0.15, -0.1) is 0 Å². The molecule has 0 aliphatic carbocycles. The number of non-ortho nitro benzene ring substituents is 1. The van der Waals surface area contributed by atoms with Crippen molar-refractivity contribution in [1.29, 1.82) is 0 Å². The molecule has 0 atom stereocenters. The van der Waals surface area contributed by atoms with Crippen LogP contribution in [0, 0.1) is 10.1 Å². The normalized spacial score (nSPS) is 11.3. The van der Waals surface area contributed by atoms with E-state index < -0.39 is 16.8 Å². The fraction of sp³-hybridized carbons (Fsp3) is 0.0833. The van der Waals surface area contributed by atoms with Gasteiger partial charge >= 0.3 is 5.97 Å². The van der Waals surface area contributed by atoms with Gasteiger partial charge in [0.2, 0.25) is 0 Å². The van der Waals surface area contributed by atoms with Crippen molar-refractivity contribution >= 4 is 23.3 Å². The molecular weight excluding hydrogens is 266 g/mol. The lowest BCUT2D eigenvalue weighted by Gasteiger charge is -2.00. The Morgan fingerprint density at radius 2 is 1.90 bits per heavy atom. The number of hydrazone groups is 1. The number of carbonyl (C=O) groups is 2. The molecule has 0 radical (unpaired) electrons. The summed E-state index contributed by atoms with van der Waals surface area (Å²) in [6.07, 6.45) is 1.51. The Kier molecular flexibility index (Phi) is 5.10. The number of carbonyl (C=O) groups excluding carboxylic acids is 1. The smallest absolute Gasteiger partial charge is 0.328 e. The highest BCUT2D eigenvalue weighted by molar-refractivity contribution is 6.00. The minimum atomic E-state index is -1.24. The lowest BCUT2D eigenvalue weighted by atomic mass is 10.1. The first kappa shape index (κ1) is 15.0. The van der Waals surface area contributed by atoms with Crippen LogP contribution in [0.15, 0.2) is 41.5 Å². The Labute approximate surface area is 113 Å². The fourth-order valence-corrected chi connectivity index (χ4v) is 1.21. The van der Waals surface area contributed by atoms with E-state index in [1.165, 1.54) is 24.3 Å². The number of amides is 1. The van der Waals surface area contributed by atoms with E-state index in [0.29, 0.717) is 17.4 Å². The molecule has 1 amide bonds. The number of nitro groups is 1. The highest BCUT2D eigenvalue weighted by Crippen LogP contribution is 2.12. The Balaban J connectivity index is 2.71. The number of nitro benzene ring substituents is 1. The summed E-state index contributed by atoms with van der Waals surface area (Å²) in [7, 11) is 0. The number of benzene rings is 1. The Bertz CT molecular complexity index is 590. The lowest BCUT2D eigenvalue weighted by Crippen LogP contribution is -2.16. The van der Waals surface area contributed by atoms with Gasteiger partial charge < -0.3 is 5.11 Å². The molecule has 1 aromatic carbocycles. The van der Waals surface area contributed by atoms with Crippen LogP contribution in [0.4, 0.5) is 5.69 Å². The van der Waals surface area contributed by atoms with Gasteiger partial charge in [-0.3, -0.25) is 14.9 Å². The Morgan fingerprint density at radius 1 is 1.30 bits per heavy atom. The van der Waals surface area contributed by atoms with Crippen LogP contribution < -0.4 is 5.43 Å². The fourth-order valence-electron chi connectivity index (χ4n) is 1.21. The van der Waals surface area contributed by atoms with Crippen LogP contribution in [0.3, 0.4) is 0 Å². The number of carboxylic acid groups (broad SMARTS) is 1. The van der Waals surface area contributed by atoms with Crippen molar-refractivity contribution in [2.45, 2.75) is 6.92 Å². The predicted molar refractivity (Wildman–Crippen MR) is 70.2 cm³/mol. The minimum absolute atomic E-state index is 0.0463.